The van der Waals surface area contributed by atoms with Crippen molar-refractivity contribution in [2.45, 2.75) is 75.5 Å². The zero-order chi connectivity index (χ0) is 13.9. The van der Waals surface area contributed by atoms with Crippen LogP contribution in [-0.2, 0) is 0 Å². The van der Waals surface area contributed by atoms with Crippen LogP contribution in [0.15, 0.2) is 4.99 Å². The van der Waals surface area contributed by atoms with Crippen molar-refractivity contribution in [2.75, 3.05) is 0 Å². The first kappa shape index (κ1) is 13.4. The molecular weight excluding hydrogens is 246 g/mol. The molecule has 0 unspecified atom stereocenters. The number of hydrogen-bond acceptors (Lipinski definition) is 3. The van der Waals surface area contributed by atoms with Crippen molar-refractivity contribution < 1.29 is 0 Å². The zero-order valence-electron chi connectivity index (χ0n) is 12.0. The Balaban J connectivity index is 1.72. The molecule has 0 amide bonds. The van der Waals surface area contributed by atoms with Gasteiger partial charge in [-0.1, -0.05) is 0 Å². The normalized spacial score (nSPS) is 34.5. The van der Waals surface area contributed by atoms with Gasteiger partial charge in [0.2, 0.25) is 0 Å². The van der Waals surface area contributed by atoms with Crippen molar-refractivity contribution in [3.05, 3.63) is 0 Å². The first-order valence-corrected chi connectivity index (χ1v) is 7.81. The fourth-order valence-corrected chi connectivity index (χ4v) is 3.94. The highest BCUT2D eigenvalue weighted by Crippen LogP contribution is 2.36. The Kier molecular flexibility index (Phi) is 3.88. The molecule has 0 aromatic heterocycles. The molecule has 3 rings (SSSR count). The molecule has 3 aliphatic rings. The molecule has 4 atom stereocenters. The maximum absolute atomic E-state index is 5.39. The van der Waals surface area contributed by atoms with E-state index < -0.39 is 0 Å². The third-order valence-electron chi connectivity index (χ3n) is 4.86. The lowest BCUT2D eigenvalue weighted by molar-refractivity contribution is 0.204. The summed E-state index contributed by atoms with van der Waals surface area (Å²) in [5.41, 5.74) is 0. The third kappa shape index (κ3) is 2.50. The maximum atomic E-state index is 5.39. The summed E-state index contributed by atoms with van der Waals surface area (Å²) in [4.78, 5) is 7.47. The molecule has 1 N–H and O–H groups in total. The molecule has 0 radical (unpaired) electrons. The van der Waals surface area contributed by atoms with Crippen molar-refractivity contribution in [1.82, 2.24) is 10.2 Å². The smallest absolute Gasteiger partial charge is 0.194 e. The van der Waals surface area contributed by atoms with Gasteiger partial charge in [-0.15, -0.1) is 24.7 Å². The minimum Gasteiger partial charge on any atom is -0.353 e. The van der Waals surface area contributed by atoms with Crippen molar-refractivity contribution >= 4 is 5.96 Å². The molecule has 106 valence electrons. The lowest BCUT2D eigenvalue weighted by Crippen LogP contribution is -2.59. The van der Waals surface area contributed by atoms with Crippen molar-refractivity contribution in [1.29, 1.82) is 0 Å². The molecule has 2 fully saturated rings. The van der Waals surface area contributed by atoms with Crippen LogP contribution in [0.5, 0.6) is 0 Å². The van der Waals surface area contributed by atoms with Crippen LogP contribution >= 0.6 is 0 Å². The Morgan fingerprint density at radius 2 is 1.80 bits per heavy atom. The Bertz CT molecular complexity index is 468. The molecule has 0 aromatic rings. The molecule has 3 heteroatoms. The van der Waals surface area contributed by atoms with E-state index in [9.17, 15) is 0 Å². The van der Waals surface area contributed by atoms with Crippen LogP contribution in [0.2, 0.25) is 0 Å². The number of rotatable bonds is 4. The average Bonchev–Trinajstić information content (AvgIpc) is 2.87. The fraction of sp³-hybridized carbons (Fsp3) is 0.706. The van der Waals surface area contributed by atoms with Crippen LogP contribution in [0.3, 0.4) is 0 Å². The summed E-state index contributed by atoms with van der Waals surface area (Å²) in [7, 11) is 0. The van der Waals surface area contributed by atoms with Gasteiger partial charge in [-0.2, -0.15) is 0 Å². The number of nitrogens with zero attached hydrogens (tertiary/aromatic N) is 2. The molecule has 0 aromatic carbocycles. The molecule has 0 bridgehead atoms. The second kappa shape index (κ2) is 5.80. The monoisotopic (exact) mass is 269 g/mol. The summed E-state index contributed by atoms with van der Waals surface area (Å²) in [6.07, 6.45) is 19.5. The fourth-order valence-electron chi connectivity index (χ4n) is 3.94. The Morgan fingerprint density at radius 1 is 1.10 bits per heavy atom. The van der Waals surface area contributed by atoms with Crippen molar-refractivity contribution in [2.24, 2.45) is 4.99 Å². The SMILES string of the molecule is C#CCC[C@@H]1C[C@@H]2CC[C@@H]3C[C@H](CCC#C)NC(=N1)N32. The van der Waals surface area contributed by atoms with Crippen LogP contribution < -0.4 is 5.32 Å². The molecular formula is C17H23N3. The minimum atomic E-state index is 0.403. The first-order chi connectivity index (χ1) is 9.81. The van der Waals surface area contributed by atoms with Crippen LogP contribution in [0.25, 0.3) is 0 Å². The number of guanidine groups is 1. The van der Waals surface area contributed by atoms with Gasteiger partial charge in [-0.25, -0.2) is 4.99 Å². The van der Waals surface area contributed by atoms with Gasteiger partial charge in [0.1, 0.15) is 0 Å². The molecule has 3 nitrogen and oxygen atoms in total. The van der Waals surface area contributed by atoms with Gasteiger partial charge in [-0.05, 0) is 38.5 Å². The maximum Gasteiger partial charge on any atom is 0.194 e. The van der Waals surface area contributed by atoms with E-state index in [2.05, 4.69) is 22.1 Å². The van der Waals surface area contributed by atoms with Crippen molar-refractivity contribution in [3.8, 4) is 24.7 Å². The van der Waals surface area contributed by atoms with Gasteiger partial charge in [0.15, 0.2) is 5.96 Å². The van der Waals surface area contributed by atoms with Gasteiger partial charge >= 0.3 is 0 Å². The van der Waals surface area contributed by atoms with Crippen LogP contribution in [0, 0.1) is 24.7 Å². The predicted octanol–water partition coefficient (Wildman–Crippen LogP) is 2.14. The number of hydrogen-bond donors (Lipinski definition) is 1. The number of aliphatic imine (C=N–C) groups is 1. The van der Waals surface area contributed by atoms with E-state index in [4.69, 9.17) is 17.8 Å². The Morgan fingerprint density at radius 3 is 2.55 bits per heavy atom. The number of terminal acetylenes is 2. The van der Waals surface area contributed by atoms with E-state index >= 15 is 0 Å². The lowest BCUT2D eigenvalue weighted by atomic mass is 9.98. The van der Waals surface area contributed by atoms with Gasteiger partial charge in [0.05, 0.1) is 6.04 Å². The zero-order valence-corrected chi connectivity index (χ0v) is 12.0. The van der Waals surface area contributed by atoms with Crippen LogP contribution in [-0.4, -0.2) is 35.0 Å². The van der Waals surface area contributed by atoms with E-state index in [-0.39, 0.29) is 0 Å². The van der Waals surface area contributed by atoms with Gasteiger partial charge in [0, 0.05) is 31.0 Å². The second-order valence-electron chi connectivity index (χ2n) is 6.20. The standard InChI is InChI=1S/C17H23N3/c1-3-5-7-13-11-15-9-10-16-12-14(8-6-4-2)19-17(18-13)20(15)16/h1-2,13-16H,5-12H2,(H,18,19)/t13-,14+,15+,16-. The summed E-state index contributed by atoms with van der Waals surface area (Å²) in [5, 5.41) is 3.63. The Labute approximate surface area is 122 Å². The highest BCUT2D eigenvalue weighted by molar-refractivity contribution is 5.83. The van der Waals surface area contributed by atoms with E-state index in [0.717, 1.165) is 31.6 Å². The van der Waals surface area contributed by atoms with Crippen LogP contribution in [0.1, 0.15) is 51.4 Å². The summed E-state index contributed by atoms with van der Waals surface area (Å²) in [5.74, 6) is 6.62. The van der Waals surface area contributed by atoms with Gasteiger partial charge in [0.25, 0.3) is 0 Å². The minimum absolute atomic E-state index is 0.403. The first-order valence-electron chi connectivity index (χ1n) is 7.81. The topological polar surface area (TPSA) is 27.6 Å². The molecule has 0 aliphatic carbocycles. The molecule has 0 spiro atoms. The second-order valence-corrected chi connectivity index (χ2v) is 6.20. The lowest BCUT2D eigenvalue weighted by Gasteiger charge is -2.45. The van der Waals surface area contributed by atoms with E-state index in [0.29, 0.717) is 24.2 Å². The third-order valence-corrected chi connectivity index (χ3v) is 4.86. The van der Waals surface area contributed by atoms with E-state index in [1.165, 1.54) is 25.7 Å². The molecule has 3 heterocycles. The largest absolute Gasteiger partial charge is 0.353 e. The molecule has 2 saturated heterocycles. The van der Waals surface area contributed by atoms with Gasteiger partial charge in [-0.3, -0.25) is 0 Å². The summed E-state index contributed by atoms with van der Waals surface area (Å²) in [6, 6.07) is 2.25. The summed E-state index contributed by atoms with van der Waals surface area (Å²) in [6.45, 7) is 0. The summed E-state index contributed by atoms with van der Waals surface area (Å²) < 4.78 is 0. The van der Waals surface area contributed by atoms with E-state index in [1.54, 1.807) is 0 Å². The van der Waals surface area contributed by atoms with Crippen molar-refractivity contribution in [3.63, 3.8) is 0 Å². The quantitative estimate of drug-likeness (QED) is 0.792. The molecule has 3 aliphatic heterocycles. The summed E-state index contributed by atoms with van der Waals surface area (Å²) >= 11 is 0. The highest BCUT2D eigenvalue weighted by Gasteiger charge is 2.43. The molecule has 0 saturated carbocycles. The Hall–Kier alpha value is -1.61. The predicted molar refractivity (Wildman–Crippen MR) is 82.2 cm³/mol. The molecule has 20 heavy (non-hydrogen) atoms. The van der Waals surface area contributed by atoms with Crippen LogP contribution in [0.4, 0.5) is 0 Å². The van der Waals surface area contributed by atoms with E-state index in [1.807, 2.05) is 0 Å². The number of nitrogens with one attached hydrogen (secondary N) is 1. The average molecular weight is 269 g/mol. The highest BCUT2D eigenvalue weighted by atomic mass is 15.4. The van der Waals surface area contributed by atoms with Gasteiger partial charge < -0.3 is 10.2 Å².